The number of thioether (sulfide) groups is 1. The Balaban J connectivity index is 3.70. The average Bonchev–Trinajstić information content (AvgIpc) is 2.21. The van der Waals surface area contributed by atoms with E-state index in [1.807, 2.05) is 0 Å². The van der Waals surface area contributed by atoms with E-state index >= 15 is 0 Å². The normalized spacial score (nSPS) is 11.6. The fraction of sp³-hybridized carbons (Fsp3) is 0.833. The van der Waals surface area contributed by atoms with E-state index < -0.39 is 11.4 Å². The van der Waals surface area contributed by atoms with Gasteiger partial charge in [-0.3, -0.25) is 9.59 Å². The second-order valence-electron chi connectivity index (χ2n) is 5.20. The van der Waals surface area contributed by atoms with Gasteiger partial charge in [-0.25, -0.2) is 0 Å². The van der Waals surface area contributed by atoms with Gasteiger partial charge in [-0.05, 0) is 31.9 Å². The van der Waals surface area contributed by atoms with Crippen molar-refractivity contribution >= 4 is 23.6 Å². The molecule has 0 aromatic heterocycles. The molecule has 0 aromatic carbocycles. The molecule has 17 heavy (non-hydrogen) atoms. The summed E-state index contributed by atoms with van der Waals surface area (Å²) in [5.41, 5.74) is -0.905. The molecule has 0 bridgehead atoms. The van der Waals surface area contributed by atoms with Crippen LogP contribution in [0, 0.1) is 11.3 Å². The second kappa shape index (κ2) is 7.58. The molecule has 2 N–H and O–H groups in total. The van der Waals surface area contributed by atoms with Gasteiger partial charge in [-0.1, -0.05) is 13.8 Å². The summed E-state index contributed by atoms with van der Waals surface area (Å²) in [4.78, 5) is 22.2. The Hall–Kier alpha value is -0.710. The molecule has 0 atom stereocenters. The third-order valence-corrected chi connectivity index (χ3v) is 3.37. The van der Waals surface area contributed by atoms with Crippen LogP contribution in [-0.2, 0) is 9.59 Å². The van der Waals surface area contributed by atoms with Crippen LogP contribution >= 0.6 is 11.8 Å². The largest absolute Gasteiger partial charge is 0.481 e. The number of carbonyl (C=O) groups excluding carboxylic acids is 1. The minimum atomic E-state index is -0.905. The molecule has 0 saturated carbocycles. The number of hydrogen-bond donors (Lipinski definition) is 2. The number of amides is 1. The molecule has 0 saturated heterocycles. The van der Waals surface area contributed by atoms with Crippen LogP contribution in [0.3, 0.4) is 0 Å². The van der Waals surface area contributed by atoms with E-state index in [2.05, 4.69) is 19.2 Å². The molecule has 0 aliphatic rings. The fourth-order valence-electron chi connectivity index (χ4n) is 0.930. The highest BCUT2D eigenvalue weighted by Gasteiger charge is 2.27. The van der Waals surface area contributed by atoms with E-state index in [0.29, 0.717) is 11.7 Å². The molecular formula is C12H23NO3S. The van der Waals surface area contributed by atoms with Crippen LogP contribution in [0.15, 0.2) is 0 Å². The topological polar surface area (TPSA) is 66.4 Å². The van der Waals surface area contributed by atoms with Crippen LogP contribution < -0.4 is 5.32 Å². The lowest BCUT2D eigenvalue weighted by molar-refractivity contribution is -0.146. The highest BCUT2D eigenvalue weighted by molar-refractivity contribution is 7.99. The Morgan fingerprint density at radius 3 is 2.41 bits per heavy atom. The first kappa shape index (κ1) is 16.3. The van der Waals surface area contributed by atoms with Crippen molar-refractivity contribution in [3.05, 3.63) is 0 Å². The number of aliphatic carboxylic acids is 1. The molecule has 0 radical (unpaired) electrons. The van der Waals surface area contributed by atoms with Gasteiger partial charge in [0, 0.05) is 6.54 Å². The average molecular weight is 261 g/mol. The highest BCUT2D eigenvalue weighted by Crippen LogP contribution is 2.13. The van der Waals surface area contributed by atoms with E-state index in [0.717, 1.165) is 12.2 Å². The molecule has 0 fully saturated rings. The maximum atomic E-state index is 11.4. The summed E-state index contributed by atoms with van der Waals surface area (Å²) < 4.78 is 0. The van der Waals surface area contributed by atoms with Gasteiger partial charge in [0.2, 0.25) is 5.91 Å². The van der Waals surface area contributed by atoms with Crippen LogP contribution in [0.25, 0.3) is 0 Å². The van der Waals surface area contributed by atoms with Crippen molar-refractivity contribution in [2.75, 3.05) is 18.1 Å². The SMILES string of the molecule is CC(C)CCSCC(=O)NCC(C)(C)C(=O)O. The standard InChI is InChI=1S/C12H23NO3S/c1-9(2)5-6-17-7-10(14)13-8-12(3,4)11(15)16/h9H,5-8H2,1-4H3,(H,13,14)(H,15,16). The predicted molar refractivity (Wildman–Crippen MR) is 71.2 cm³/mol. The lowest BCUT2D eigenvalue weighted by Crippen LogP contribution is -2.39. The van der Waals surface area contributed by atoms with Crippen molar-refractivity contribution in [2.24, 2.45) is 11.3 Å². The zero-order valence-corrected chi connectivity index (χ0v) is 11.9. The van der Waals surface area contributed by atoms with Crippen molar-refractivity contribution in [3.63, 3.8) is 0 Å². The van der Waals surface area contributed by atoms with E-state index in [1.165, 1.54) is 0 Å². The van der Waals surface area contributed by atoms with Crippen molar-refractivity contribution in [3.8, 4) is 0 Å². The quantitative estimate of drug-likeness (QED) is 0.656. The molecule has 0 aliphatic heterocycles. The van der Waals surface area contributed by atoms with Crippen LogP contribution in [0.1, 0.15) is 34.1 Å². The van der Waals surface area contributed by atoms with Gasteiger partial charge in [-0.15, -0.1) is 0 Å². The molecule has 4 nitrogen and oxygen atoms in total. The van der Waals surface area contributed by atoms with Gasteiger partial charge in [0.15, 0.2) is 0 Å². The lowest BCUT2D eigenvalue weighted by atomic mass is 9.94. The number of carboxylic acids is 1. The fourth-order valence-corrected chi connectivity index (χ4v) is 2.00. The maximum absolute atomic E-state index is 11.4. The minimum Gasteiger partial charge on any atom is -0.481 e. The van der Waals surface area contributed by atoms with Gasteiger partial charge in [0.1, 0.15) is 0 Å². The summed E-state index contributed by atoms with van der Waals surface area (Å²) in [5.74, 6) is 1.03. The van der Waals surface area contributed by atoms with Crippen LogP contribution in [0.2, 0.25) is 0 Å². The molecule has 0 rings (SSSR count). The smallest absolute Gasteiger partial charge is 0.310 e. The molecule has 0 unspecified atom stereocenters. The third-order valence-electron chi connectivity index (χ3n) is 2.38. The molecule has 0 heterocycles. The molecule has 5 heteroatoms. The first-order valence-corrected chi connectivity index (χ1v) is 6.99. The molecule has 0 spiro atoms. The van der Waals surface area contributed by atoms with E-state index in [9.17, 15) is 9.59 Å². The van der Waals surface area contributed by atoms with Crippen molar-refractivity contribution in [2.45, 2.75) is 34.1 Å². The van der Waals surface area contributed by atoms with Crippen molar-refractivity contribution < 1.29 is 14.7 Å². The summed E-state index contributed by atoms with van der Waals surface area (Å²) in [5, 5.41) is 11.5. The zero-order valence-electron chi connectivity index (χ0n) is 11.1. The van der Waals surface area contributed by atoms with Gasteiger partial charge in [0.05, 0.1) is 11.2 Å². The van der Waals surface area contributed by atoms with E-state index in [-0.39, 0.29) is 12.5 Å². The molecular weight excluding hydrogens is 238 g/mol. The highest BCUT2D eigenvalue weighted by atomic mass is 32.2. The van der Waals surface area contributed by atoms with Crippen molar-refractivity contribution in [1.29, 1.82) is 0 Å². The Kier molecular flexibility index (Phi) is 7.27. The zero-order chi connectivity index (χ0) is 13.5. The van der Waals surface area contributed by atoms with Gasteiger partial charge in [0.25, 0.3) is 0 Å². The molecule has 100 valence electrons. The third kappa shape index (κ3) is 8.07. The Bertz CT molecular complexity index is 264. The Morgan fingerprint density at radius 1 is 1.35 bits per heavy atom. The summed E-state index contributed by atoms with van der Waals surface area (Å²) in [6, 6.07) is 0. The van der Waals surface area contributed by atoms with E-state index in [1.54, 1.807) is 25.6 Å². The van der Waals surface area contributed by atoms with Crippen LogP contribution in [0.4, 0.5) is 0 Å². The molecule has 0 aromatic rings. The minimum absolute atomic E-state index is 0.0897. The Morgan fingerprint density at radius 2 is 1.94 bits per heavy atom. The number of rotatable bonds is 8. The van der Waals surface area contributed by atoms with E-state index in [4.69, 9.17) is 5.11 Å². The summed E-state index contributed by atoms with van der Waals surface area (Å²) in [7, 11) is 0. The maximum Gasteiger partial charge on any atom is 0.310 e. The first-order chi connectivity index (χ1) is 7.75. The number of nitrogens with one attached hydrogen (secondary N) is 1. The van der Waals surface area contributed by atoms with Crippen LogP contribution in [-0.4, -0.2) is 35.0 Å². The first-order valence-electron chi connectivity index (χ1n) is 5.83. The van der Waals surface area contributed by atoms with Gasteiger partial charge < -0.3 is 10.4 Å². The van der Waals surface area contributed by atoms with Gasteiger partial charge >= 0.3 is 5.97 Å². The van der Waals surface area contributed by atoms with Crippen LogP contribution in [0.5, 0.6) is 0 Å². The number of carbonyl (C=O) groups is 2. The molecule has 0 aliphatic carbocycles. The summed E-state index contributed by atoms with van der Waals surface area (Å²) in [6.07, 6.45) is 1.10. The second-order valence-corrected chi connectivity index (χ2v) is 6.31. The summed E-state index contributed by atoms with van der Waals surface area (Å²) >= 11 is 1.59. The lowest BCUT2D eigenvalue weighted by Gasteiger charge is -2.19. The monoisotopic (exact) mass is 261 g/mol. The number of carboxylic acid groups (broad SMARTS) is 1. The number of hydrogen-bond acceptors (Lipinski definition) is 3. The predicted octanol–water partition coefficient (Wildman–Crippen LogP) is 1.99. The van der Waals surface area contributed by atoms with Crippen molar-refractivity contribution in [1.82, 2.24) is 5.32 Å². The summed E-state index contributed by atoms with van der Waals surface area (Å²) in [6.45, 7) is 7.67. The molecule has 1 amide bonds. The Labute approximate surface area is 108 Å². The van der Waals surface area contributed by atoms with Gasteiger partial charge in [-0.2, -0.15) is 11.8 Å².